The summed E-state index contributed by atoms with van der Waals surface area (Å²) in [6.07, 6.45) is 2.62. The second-order valence-corrected chi connectivity index (χ2v) is 5.09. The van der Waals surface area contributed by atoms with Crippen LogP contribution in [0.2, 0.25) is 0 Å². The molecular weight excluding hydrogens is 284 g/mol. The van der Waals surface area contributed by atoms with E-state index in [0.717, 1.165) is 6.42 Å². The minimum absolute atomic E-state index is 0.213. The van der Waals surface area contributed by atoms with Crippen LogP contribution >= 0.6 is 0 Å². The van der Waals surface area contributed by atoms with E-state index in [0.29, 0.717) is 30.6 Å². The average molecular weight is 306 g/mol. The second kappa shape index (κ2) is 7.06. The zero-order valence-corrected chi connectivity index (χ0v) is 13.4. The van der Waals surface area contributed by atoms with Crippen molar-refractivity contribution < 1.29 is 9.32 Å². The van der Waals surface area contributed by atoms with Crippen molar-refractivity contribution in [3.63, 3.8) is 0 Å². The third kappa shape index (κ3) is 3.63. The number of urea groups is 1. The highest BCUT2D eigenvalue weighted by Gasteiger charge is 2.17. The molecule has 22 heavy (non-hydrogen) atoms. The highest BCUT2D eigenvalue weighted by Crippen LogP contribution is 2.17. The van der Waals surface area contributed by atoms with Crippen molar-refractivity contribution in [1.29, 1.82) is 0 Å². The van der Waals surface area contributed by atoms with Gasteiger partial charge in [-0.05, 0) is 20.3 Å². The number of hydrogen-bond donors (Lipinski definition) is 1. The summed E-state index contributed by atoms with van der Waals surface area (Å²) in [5.41, 5.74) is 0. The standard InChI is InChI=1S/C14H22N6O2/c1-5-10(3)20-13(7-8-15-20)17-14(21)19(6-2)9-12-16-11(4)22-18-12/h7-8,10H,5-6,9H2,1-4H3,(H,17,21). The van der Waals surface area contributed by atoms with Gasteiger partial charge in [0.05, 0.1) is 18.8 Å². The summed E-state index contributed by atoms with van der Waals surface area (Å²) in [4.78, 5) is 18.1. The summed E-state index contributed by atoms with van der Waals surface area (Å²) in [6, 6.07) is 1.80. The number of carbonyl (C=O) groups is 1. The maximum atomic E-state index is 12.4. The average Bonchev–Trinajstić information content (AvgIpc) is 3.12. The van der Waals surface area contributed by atoms with E-state index in [2.05, 4.69) is 34.4 Å². The van der Waals surface area contributed by atoms with Gasteiger partial charge in [-0.3, -0.25) is 5.32 Å². The van der Waals surface area contributed by atoms with Gasteiger partial charge in [-0.15, -0.1) is 0 Å². The molecule has 1 unspecified atom stereocenters. The molecule has 120 valence electrons. The van der Waals surface area contributed by atoms with Gasteiger partial charge < -0.3 is 9.42 Å². The number of amides is 2. The molecule has 0 saturated carbocycles. The van der Waals surface area contributed by atoms with Gasteiger partial charge in [0, 0.05) is 19.5 Å². The summed E-state index contributed by atoms with van der Waals surface area (Å²) in [6.45, 7) is 8.60. The number of aryl methyl sites for hydroxylation is 1. The van der Waals surface area contributed by atoms with E-state index in [1.54, 1.807) is 24.1 Å². The fourth-order valence-corrected chi connectivity index (χ4v) is 2.03. The van der Waals surface area contributed by atoms with Crippen LogP contribution in [0.1, 0.15) is 44.9 Å². The van der Waals surface area contributed by atoms with Crippen LogP contribution in [0.4, 0.5) is 10.6 Å². The van der Waals surface area contributed by atoms with E-state index in [1.807, 2.05) is 11.6 Å². The quantitative estimate of drug-likeness (QED) is 0.886. The molecule has 0 radical (unpaired) electrons. The predicted octanol–water partition coefficient (Wildman–Crippen LogP) is 2.60. The molecule has 0 spiro atoms. The van der Waals surface area contributed by atoms with Crippen molar-refractivity contribution in [1.82, 2.24) is 24.8 Å². The van der Waals surface area contributed by atoms with Gasteiger partial charge in [0.1, 0.15) is 5.82 Å². The van der Waals surface area contributed by atoms with Crippen molar-refractivity contribution >= 4 is 11.8 Å². The van der Waals surface area contributed by atoms with E-state index >= 15 is 0 Å². The molecule has 8 nitrogen and oxygen atoms in total. The molecule has 0 aromatic carbocycles. The van der Waals surface area contributed by atoms with Crippen LogP contribution in [-0.4, -0.2) is 37.4 Å². The summed E-state index contributed by atoms with van der Waals surface area (Å²) >= 11 is 0. The van der Waals surface area contributed by atoms with Crippen molar-refractivity contribution in [2.24, 2.45) is 0 Å². The van der Waals surface area contributed by atoms with E-state index < -0.39 is 0 Å². The molecule has 2 aromatic heterocycles. The Morgan fingerprint density at radius 3 is 2.86 bits per heavy atom. The molecule has 1 atom stereocenters. The van der Waals surface area contributed by atoms with E-state index in [9.17, 15) is 4.79 Å². The van der Waals surface area contributed by atoms with Crippen LogP contribution in [0.3, 0.4) is 0 Å². The van der Waals surface area contributed by atoms with Crippen LogP contribution in [-0.2, 0) is 6.54 Å². The first kappa shape index (κ1) is 16.0. The Morgan fingerprint density at radius 1 is 1.50 bits per heavy atom. The Hall–Kier alpha value is -2.38. The Bertz CT molecular complexity index is 620. The number of nitrogens with zero attached hydrogens (tertiary/aromatic N) is 5. The molecule has 0 aliphatic carbocycles. The lowest BCUT2D eigenvalue weighted by Crippen LogP contribution is -2.35. The molecule has 0 aliphatic rings. The van der Waals surface area contributed by atoms with Crippen LogP contribution in [0.25, 0.3) is 0 Å². The van der Waals surface area contributed by atoms with Gasteiger partial charge in [0.2, 0.25) is 5.89 Å². The topological polar surface area (TPSA) is 89.1 Å². The number of hydrogen-bond acceptors (Lipinski definition) is 5. The van der Waals surface area contributed by atoms with Crippen LogP contribution < -0.4 is 5.32 Å². The van der Waals surface area contributed by atoms with Crippen molar-refractivity contribution in [3.05, 3.63) is 24.0 Å². The minimum atomic E-state index is -0.213. The molecule has 2 aromatic rings. The Morgan fingerprint density at radius 2 is 2.27 bits per heavy atom. The zero-order chi connectivity index (χ0) is 16.1. The molecule has 2 heterocycles. The summed E-state index contributed by atoms with van der Waals surface area (Å²) in [7, 11) is 0. The van der Waals surface area contributed by atoms with Crippen LogP contribution in [0.15, 0.2) is 16.8 Å². The fourth-order valence-electron chi connectivity index (χ4n) is 2.03. The maximum Gasteiger partial charge on any atom is 0.323 e. The molecule has 0 aliphatic heterocycles. The van der Waals surface area contributed by atoms with Crippen molar-refractivity contribution in [3.8, 4) is 0 Å². The first-order chi connectivity index (χ1) is 10.5. The van der Waals surface area contributed by atoms with Gasteiger partial charge in [0.15, 0.2) is 5.82 Å². The minimum Gasteiger partial charge on any atom is -0.340 e. The van der Waals surface area contributed by atoms with Gasteiger partial charge in [0.25, 0.3) is 0 Å². The molecule has 8 heteroatoms. The first-order valence-corrected chi connectivity index (χ1v) is 7.43. The second-order valence-electron chi connectivity index (χ2n) is 5.09. The largest absolute Gasteiger partial charge is 0.340 e. The van der Waals surface area contributed by atoms with Crippen LogP contribution in [0, 0.1) is 6.92 Å². The number of carbonyl (C=O) groups excluding carboxylic acids is 1. The van der Waals surface area contributed by atoms with Gasteiger partial charge >= 0.3 is 6.03 Å². The van der Waals surface area contributed by atoms with Crippen LogP contribution in [0.5, 0.6) is 0 Å². The molecule has 1 N–H and O–H groups in total. The number of aromatic nitrogens is 4. The smallest absolute Gasteiger partial charge is 0.323 e. The number of rotatable bonds is 6. The van der Waals surface area contributed by atoms with E-state index in [1.165, 1.54) is 0 Å². The molecule has 0 bridgehead atoms. The summed E-state index contributed by atoms with van der Waals surface area (Å²) in [5, 5.41) is 11.0. The molecular formula is C14H22N6O2. The number of nitrogens with one attached hydrogen (secondary N) is 1. The zero-order valence-electron chi connectivity index (χ0n) is 13.4. The van der Waals surface area contributed by atoms with E-state index in [4.69, 9.17) is 4.52 Å². The molecule has 2 rings (SSSR count). The Labute approximate surface area is 129 Å². The molecule has 2 amide bonds. The normalized spacial score (nSPS) is 12.2. The monoisotopic (exact) mass is 306 g/mol. The summed E-state index contributed by atoms with van der Waals surface area (Å²) < 4.78 is 6.74. The lowest BCUT2D eigenvalue weighted by Gasteiger charge is -2.21. The Balaban J connectivity index is 2.05. The third-order valence-electron chi connectivity index (χ3n) is 3.48. The third-order valence-corrected chi connectivity index (χ3v) is 3.48. The van der Waals surface area contributed by atoms with Gasteiger partial charge in [-0.2, -0.15) is 10.1 Å². The SMILES string of the molecule is CCC(C)n1nccc1NC(=O)N(CC)Cc1noc(C)n1. The highest BCUT2D eigenvalue weighted by atomic mass is 16.5. The first-order valence-electron chi connectivity index (χ1n) is 7.43. The summed E-state index contributed by atoms with van der Waals surface area (Å²) in [5.74, 6) is 1.66. The maximum absolute atomic E-state index is 12.4. The Kier molecular flexibility index (Phi) is 5.13. The van der Waals surface area contributed by atoms with Gasteiger partial charge in [-0.1, -0.05) is 12.1 Å². The van der Waals surface area contributed by atoms with Gasteiger partial charge in [-0.25, -0.2) is 9.48 Å². The lowest BCUT2D eigenvalue weighted by atomic mass is 10.3. The van der Waals surface area contributed by atoms with Crippen molar-refractivity contribution in [2.75, 3.05) is 11.9 Å². The van der Waals surface area contributed by atoms with Crippen molar-refractivity contribution in [2.45, 2.75) is 46.7 Å². The lowest BCUT2D eigenvalue weighted by molar-refractivity contribution is 0.209. The predicted molar refractivity (Wildman–Crippen MR) is 81.4 cm³/mol. The fraction of sp³-hybridized carbons (Fsp3) is 0.571. The van der Waals surface area contributed by atoms with E-state index in [-0.39, 0.29) is 12.1 Å². The molecule has 0 saturated heterocycles. The molecule has 0 fully saturated rings. The highest BCUT2D eigenvalue weighted by molar-refractivity contribution is 5.88. The number of anilines is 1.